The quantitative estimate of drug-likeness (QED) is 0.837. The van der Waals surface area contributed by atoms with Crippen LogP contribution in [0.1, 0.15) is 21.5 Å². The summed E-state index contributed by atoms with van der Waals surface area (Å²) in [6, 6.07) is 12.0. The molecule has 0 amide bonds. The Morgan fingerprint density at radius 3 is 2.50 bits per heavy atom. The van der Waals surface area contributed by atoms with E-state index < -0.39 is 11.6 Å². The van der Waals surface area contributed by atoms with Crippen LogP contribution in [0.3, 0.4) is 0 Å². The molecule has 1 heterocycles. The molecule has 2 aromatic rings. The van der Waals surface area contributed by atoms with Gasteiger partial charge in [-0.05, 0) is 17.7 Å². The van der Waals surface area contributed by atoms with Gasteiger partial charge in [-0.3, -0.25) is 9.69 Å². The van der Waals surface area contributed by atoms with Gasteiger partial charge in [-0.15, -0.1) is 0 Å². The minimum Gasteiger partial charge on any atom is -0.293 e. The molecule has 1 aliphatic heterocycles. The largest absolute Gasteiger partial charge is 0.293 e. The smallest absolute Gasteiger partial charge is 0.177 e. The van der Waals surface area contributed by atoms with Gasteiger partial charge in [0.2, 0.25) is 0 Å². The monoisotopic (exact) mass is 273 g/mol. The van der Waals surface area contributed by atoms with Gasteiger partial charge < -0.3 is 0 Å². The lowest BCUT2D eigenvalue weighted by molar-refractivity contribution is 0.0891. The molecule has 0 aromatic heterocycles. The standard InChI is InChI=1S/C16H13F2NO/c17-14-7-6-12-13(16(14)18)9-19(10-15(12)20)8-11-4-2-1-3-5-11/h1-7H,8-10H2. The van der Waals surface area contributed by atoms with E-state index in [1.165, 1.54) is 6.07 Å². The molecule has 0 unspecified atom stereocenters. The Hall–Kier alpha value is -2.07. The van der Waals surface area contributed by atoms with E-state index in [4.69, 9.17) is 0 Å². The highest BCUT2D eigenvalue weighted by molar-refractivity contribution is 5.99. The third kappa shape index (κ3) is 2.34. The number of ketones is 1. The maximum Gasteiger partial charge on any atom is 0.177 e. The predicted octanol–water partition coefficient (Wildman–Crippen LogP) is 3.16. The molecule has 0 radical (unpaired) electrons. The first-order valence-corrected chi connectivity index (χ1v) is 6.41. The average molecular weight is 273 g/mol. The first-order chi connectivity index (χ1) is 9.65. The first-order valence-electron chi connectivity index (χ1n) is 6.41. The molecule has 0 spiro atoms. The molecule has 1 aliphatic rings. The summed E-state index contributed by atoms with van der Waals surface area (Å²) in [6.45, 7) is 1.02. The second kappa shape index (κ2) is 5.13. The van der Waals surface area contributed by atoms with Gasteiger partial charge in [0.05, 0.1) is 6.54 Å². The molecule has 0 atom stereocenters. The normalized spacial score (nSPS) is 15.2. The van der Waals surface area contributed by atoms with Gasteiger partial charge in [0.1, 0.15) is 0 Å². The van der Waals surface area contributed by atoms with Crippen molar-refractivity contribution in [3.63, 3.8) is 0 Å². The second-order valence-corrected chi connectivity index (χ2v) is 4.94. The van der Waals surface area contributed by atoms with Crippen LogP contribution >= 0.6 is 0 Å². The summed E-state index contributed by atoms with van der Waals surface area (Å²) >= 11 is 0. The van der Waals surface area contributed by atoms with Crippen LogP contribution in [-0.2, 0) is 13.1 Å². The summed E-state index contributed by atoms with van der Waals surface area (Å²) in [4.78, 5) is 13.8. The molecule has 0 fully saturated rings. The maximum atomic E-state index is 13.8. The van der Waals surface area contributed by atoms with Crippen molar-refractivity contribution in [3.8, 4) is 0 Å². The van der Waals surface area contributed by atoms with E-state index in [1.54, 1.807) is 0 Å². The zero-order valence-electron chi connectivity index (χ0n) is 10.8. The number of hydrogen-bond acceptors (Lipinski definition) is 2. The highest BCUT2D eigenvalue weighted by atomic mass is 19.2. The lowest BCUT2D eigenvalue weighted by Crippen LogP contribution is -2.35. The SMILES string of the molecule is O=C1CN(Cc2ccccc2)Cc2c1ccc(F)c2F. The van der Waals surface area contributed by atoms with Crippen LogP contribution < -0.4 is 0 Å². The van der Waals surface area contributed by atoms with Crippen LogP contribution in [-0.4, -0.2) is 17.2 Å². The van der Waals surface area contributed by atoms with Crippen LogP contribution in [0.2, 0.25) is 0 Å². The van der Waals surface area contributed by atoms with Gasteiger partial charge in [0, 0.05) is 24.2 Å². The fraction of sp³-hybridized carbons (Fsp3) is 0.188. The van der Waals surface area contributed by atoms with Crippen molar-refractivity contribution >= 4 is 5.78 Å². The van der Waals surface area contributed by atoms with Crippen molar-refractivity contribution in [3.05, 3.63) is 70.8 Å². The van der Waals surface area contributed by atoms with E-state index >= 15 is 0 Å². The Morgan fingerprint density at radius 1 is 1.00 bits per heavy atom. The maximum absolute atomic E-state index is 13.8. The van der Waals surface area contributed by atoms with Crippen LogP contribution in [0, 0.1) is 11.6 Å². The fourth-order valence-corrected chi connectivity index (χ4v) is 2.53. The average Bonchev–Trinajstić information content (AvgIpc) is 2.44. The molecular formula is C16H13F2NO. The predicted molar refractivity (Wildman–Crippen MR) is 71.2 cm³/mol. The third-order valence-electron chi connectivity index (χ3n) is 3.49. The van der Waals surface area contributed by atoms with E-state index in [-0.39, 0.29) is 24.4 Å². The van der Waals surface area contributed by atoms with Gasteiger partial charge in [-0.1, -0.05) is 30.3 Å². The number of carbonyl (C=O) groups excluding carboxylic acids is 1. The fourth-order valence-electron chi connectivity index (χ4n) is 2.53. The summed E-state index contributed by atoms with van der Waals surface area (Å²) in [7, 11) is 0. The first kappa shape index (κ1) is 12.9. The Kier molecular flexibility index (Phi) is 3.32. The molecule has 0 saturated carbocycles. The Morgan fingerprint density at radius 2 is 1.75 bits per heavy atom. The number of Topliss-reactive ketones (excluding diaryl/α,β-unsaturated/α-hetero) is 1. The molecule has 2 nitrogen and oxygen atoms in total. The molecule has 102 valence electrons. The minimum atomic E-state index is -0.909. The van der Waals surface area contributed by atoms with Crippen LogP contribution in [0.15, 0.2) is 42.5 Å². The van der Waals surface area contributed by atoms with Gasteiger partial charge in [0.25, 0.3) is 0 Å². The minimum absolute atomic E-state index is 0.164. The number of halogens is 2. The topological polar surface area (TPSA) is 20.3 Å². The highest BCUT2D eigenvalue weighted by Crippen LogP contribution is 2.24. The third-order valence-corrected chi connectivity index (χ3v) is 3.49. The molecule has 2 aromatic carbocycles. The zero-order chi connectivity index (χ0) is 14.1. The lowest BCUT2D eigenvalue weighted by atomic mass is 9.97. The Balaban J connectivity index is 1.88. The van der Waals surface area contributed by atoms with E-state index in [9.17, 15) is 13.6 Å². The Labute approximate surface area is 115 Å². The van der Waals surface area contributed by atoms with E-state index in [1.807, 2.05) is 35.2 Å². The van der Waals surface area contributed by atoms with Crippen LogP contribution in [0.5, 0.6) is 0 Å². The summed E-state index contributed by atoms with van der Waals surface area (Å²) < 4.78 is 27.1. The van der Waals surface area contributed by atoms with Gasteiger partial charge >= 0.3 is 0 Å². The number of rotatable bonds is 2. The number of nitrogens with zero attached hydrogens (tertiary/aromatic N) is 1. The molecule has 4 heteroatoms. The Bertz CT molecular complexity index is 655. The van der Waals surface area contributed by atoms with Gasteiger partial charge in [-0.2, -0.15) is 0 Å². The number of hydrogen-bond donors (Lipinski definition) is 0. The van der Waals surface area contributed by atoms with Crippen molar-refractivity contribution < 1.29 is 13.6 Å². The number of carbonyl (C=O) groups is 1. The van der Waals surface area contributed by atoms with Crippen molar-refractivity contribution in [1.29, 1.82) is 0 Å². The molecule has 0 bridgehead atoms. The number of benzene rings is 2. The molecule has 0 N–H and O–H groups in total. The molecule has 3 rings (SSSR count). The zero-order valence-corrected chi connectivity index (χ0v) is 10.8. The van der Waals surface area contributed by atoms with E-state index in [0.29, 0.717) is 12.1 Å². The lowest BCUT2D eigenvalue weighted by Gasteiger charge is -2.28. The molecule has 20 heavy (non-hydrogen) atoms. The van der Waals surface area contributed by atoms with Crippen molar-refractivity contribution in [1.82, 2.24) is 4.90 Å². The summed E-state index contributed by atoms with van der Waals surface area (Å²) in [5.41, 5.74) is 1.51. The van der Waals surface area contributed by atoms with Crippen molar-refractivity contribution in [2.75, 3.05) is 6.54 Å². The van der Waals surface area contributed by atoms with Crippen LogP contribution in [0.25, 0.3) is 0 Å². The number of fused-ring (bicyclic) bond motifs is 1. The van der Waals surface area contributed by atoms with Crippen molar-refractivity contribution in [2.45, 2.75) is 13.1 Å². The summed E-state index contributed by atoms with van der Waals surface area (Å²) in [5, 5.41) is 0. The molecular weight excluding hydrogens is 260 g/mol. The summed E-state index contributed by atoms with van der Waals surface area (Å²) in [6.07, 6.45) is 0. The van der Waals surface area contributed by atoms with Crippen LogP contribution in [0.4, 0.5) is 8.78 Å². The van der Waals surface area contributed by atoms with E-state index in [0.717, 1.165) is 11.6 Å². The van der Waals surface area contributed by atoms with Gasteiger partial charge in [0.15, 0.2) is 17.4 Å². The molecule has 0 saturated heterocycles. The molecule has 0 aliphatic carbocycles. The second-order valence-electron chi connectivity index (χ2n) is 4.94. The van der Waals surface area contributed by atoms with Crippen molar-refractivity contribution in [2.24, 2.45) is 0 Å². The summed E-state index contributed by atoms with van der Waals surface area (Å²) in [5.74, 6) is -1.98. The van der Waals surface area contributed by atoms with Gasteiger partial charge in [-0.25, -0.2) is 8.78 Å². The van der Waals surface area contributed by atoms with E-state index in [2.05, 4.69) is 0 Å². The highest BCUT2D eigenvalue weighted by Gasteiger charge is 2.27.